The van der Waals surface area contributed by atoms with Crippen molar-refractivity contribution >= 4 is 34.8 Å². The van der Waals surface area contributed by atoms with Crippen LogP contribution in [0.25, 0.3) is 5.69 Å². The lowest BCUT2D eigenvalue weighted by Crippen LogP contribution is -2.38. The summed E-state index contributed by atoms with van der Waals surface area (Å²) in [6, 6.07) is 2.86. The van der Waals surface area contributed by atoms with Crippen LogP contribution < -0.4 is 0 Å². The van der Waals surface area contributed by atoms with Gasteiger partial charge in [-0.05, 0) is 23.7 Å². The first-order valence-corrected chi connectivity index (χ1v) is 8.56. The molecule has 1 aliphatic heterocycles. The SMILES string of the molecule is N#Cc1nn(-c2c(Cl)cc(C(F)(F)F)cc2Cl)cc1C1(C(F)(F)Cl)CCN=N1. The molecule has 0 amide bonds. The summed E-state index contributed by atoms with van der Waals surface area (Å²) in [6.45, 7) is -0.0554. The Morgan fingerprint density at radius 1 is 1.14 bits per heavy atom. The van der Waals surface area contributed by atoms with Crippen LogP contribution in [0.5, 0.6) is 0 Å². The van der Waals surface area contributed by atoms with Gasteiger partial charge in [-0.3, -0.25) is 0 Å². The molecule has 1 aromatic carbocycles. The van der Waals surface area contributed by atoms with Gasteiger partial charge in [0.2, 0.25) is 0 Å². The summed E-state index contributed by atoms with van der Waals surface area (Å²) in [7, 11) is 0. The summed E-state index contributed by atoms with van der Waals surface area (Å²) in [5.41, 5.74) is -4.48. The van der Waals surface area contributed by atoms with Crippen molar-refractivity contribution in [3.05, 3.63) is 45.2 Å². The van der Waals surface area contributed by atoms with Gasteiger partial charge in [-0.15, -0.1) is 0 Å². The first-order chi connectivity index (χ1) is 12.9. The van der Waals surface area contributed by atoms with E-state index in [0.29, 0.717) is 12.1 Å². The molecule has 5 nitrogen and oxygen atoms in total. The monoisotopic (exact) mass is 457 g/mol. The van der Waals surface area contributed by atoms with Crippen LogP contribution in [0.2, 0.25) is 10.0 Å². The fraction of sp³-hybridized carbons (Fsp3) is 0.333. The molecule has 0 radical (unpaired) electrons. The second-order valence-corrected chi connectivity index (χ2v) is 7.10. The summed E-state index contributed by atoms with van der Waals surface area (Å²) in [5.74, 6) is 0. The summed E-state index contributed by atoms with van der Waals surface area (Å²) in [4.78, 5) is 0. The highest BCUT2D eigenvalue weighted by molar-refractivity contribution is 6.37. The van der Waals surface area contributed by atoms with E-state index in [-0.39, 0.29) is 24.2 Å². The molecule has 148 valence electrons. The number of halogens is 8. The van der Waals surface area contributed by atoms with E-state index < -0.39 is 38.4 Å². The highest BCUT2D eigenvalue weighted by Crippen LogP contribution is 2.50. The predicted molar refractivity (Wildman–Crippen MR) is 90.1 cm³/mol. The third-order valence-corrected chi connectivity index (χ3v) is 5.01. The fourth-order valence-electron chi connectivity index (χ4n) is 2.79. The zero-order chi connectivity index (χ0) is 20.9. The highest BCUT2D eigenvalue weighted by atomic mass is 35.5. The standard InChI is InChI=1S/C15H7Cl3F5N5/c16-9-3-7(14(19,20)21)4-10(17)12(9)28-6-8(11(5-24)26-28)13(15(18,22)23)1-2-25-27-13/h3-4,6H,1-2H2. The van der Waals surface area contributed by atoms with Crippen molar-refractivity contribution in [2.45, 2.75) is 23.5 Å². The molecular formula is C15H7Cl3F5N5. The van der Waals surface area contributed by atoms with Gasteiger partial charge in [0.25, 0.3) is 0 Å². The minimum absolute atomic E-state index is 0.0554. The van der Waals surface area contributed by atoms with Gasteiger partial charge in [-0.1, -0.05) is 23.2 Å². The number of nitriles is 1. The van der Waals surface area contributed by atoms with Crippen LogP contribution in [-0.4, -0.2) is 21.7 Å². The Balaban J connectivity index is 2.20. The quantitative estimate of drug-likeness (QED) is 0.421. The Labute approximate surface area is 169 Å². The number of nitrogens with zero attached hydrogens (tertiary/aromatic N) is 5. The molecule has 0 saturated heterocycles. The number of hydrogen-bond acceptors (Lipinski definition) is 4. The number of azo groups is 1. The largest absolute Gasteiger partial charge is 0.416 e. The van der Waals surface area contributed by atoms with Crippen molar-refractivity contribution in [3.8, 4) is 11.8 Å². The van der Waals surface area contributed by atoms with E-state index in [1.165, 1.54) is 0 Å². The Kier molecular flexibility index (Phi) is 5.06. The maximum Gasteiger partial charge on any atom is 0.416 e. The minimum atomic E-state index is -4.70. The van der Waals surface area contributed by atoms with Crippen molar-refractivity contribution < 1.29 is 22.0 Å². The lowest BCUT2D eigenvalue weighted by atomic mass is 9.88. The number of benzene rings is 1. The zero-order valence-corrected chi connectivity index (χ0v) is 15.7. The first-order valence-electron chi connectivity index (χ1n) is 7.43. The van der Waals surface area contributed by atoms with E-state index in [9.17, 15) is 27.2 Å². The maximum atomic E-state index is 14.1. The number of alkyl halides is 6. The van der Waals surface area contributed by atoms with Crippen LogP contribution >= 0.6 is 34.8 Å². The molecule has 28 heavy (non-hydrogen) atoms. The predicted octanol–water partition coefficient (Wildman–Crippen LogP) is 5.95. The second-order valence-electron chi connectivity index (χ2n) is 5.81. The van der Waals surface area contributed by atoms with Gasteiger partial charge in [0, 0.05) is 18.2 Å². The molecule has 0 saturated carbocycles. The molecule has 0 aliphatic carbocycles. The third kappa shape index (κ3) is 3.32. The Hall–Kier alpha value is -1.96. The van der Waals surface area contributed by atoms with Gasteiger partial charge in [0.05, 0.1) is 22.2 Å². The molecule has 0 N–H and O–H groups in total. The van der Waals surface area contributed by atoms with Crippen molar-refractivity contribution in [3.63, 3.8) is 0 Å². The van der Waals surface area contributed by atoms with E-state index in [2.05, 4.69) is 15.3 Å². The Morgan fingerprint density at radius 2 is 1.75 bits per heavy atom. The molecule has 1 aromatic heterocycles. The average molecular weight is 459 g/mol. The number of hydrogen-bond donors (Lipinski definition) is 0. The van der Waals surface area contributed by atoms with Crippen LogP contribution in [0, 0.1) is 11.3 Å². The average Bonchev–Trinajstić information content (AvgIpc) is 3.20. The minimum Gasteiger partial charge on any atom is -0.236 e. The van der Waals surface area contributed by atoms with E-state index in [1.54, 1.807) is 6.07 Å². The molecule has 1 unspecified atom stereocenters. The molecule has 13 heteroatoms. The first kappa shape index (κ1) is 20.8. The van der Waals surface area contributed by atoms with E-state index in [4.69, 9.17) is 34.8 Å². The molecule has 3 rings (SSSR count). The van der Waals surface area contributed by atoms with Gasteiger partial charge < -0.3 is 0 Å². The topological polar surface area (TPSA) is 66.3 Å². The summed E-state index contributed by atoms with van der Waals surface area (Å²) in [5, 5.41) is 15.4. The zero-order valence-electron chi connectivity index (χ0n) is 13.4. The number of aromatic nitrogens is 2. The molecule has 1 aliphatic rings. The highest BCUT2D eigenvalue weighted by Gasteiger charge is 2.58. The molecule has 1 atom stereocenters. The Morgan fingerprint density at radius 3 is 2.18 bits per heavy atom. The van der Waals surface area contributed by atoms with Crippen molar-refractivity contribution in [1.29, 1.82) is 5.26 Å². The van der Waals surface area contributed by atoms with Crippen molar-refractivity contribution in [2.75, 3.05) is 6.54 Å². The summed E-state index contributed by atoms with van der Waals surface area (Å²) < 4.78 is 67.8. The molecular weight excluding hydrogens is 452 g/mol. The number of rotatable bonds is 3. The van der Waals surface area contributed by atoms with Crippen LogP contribution in [0.3, 0.4) is 0 Å². The summed E-state index contributed by atoms with van der Waals surface area (Å²) in [6.07, 6.45) is -4.01. The van der Waals surface area contributed by atoms with Gasteiger partial charge in [0.15, 0.2) is 11.2 Å². The van der Waals surface area contributed by atoms with Crippen LogP contribution in [0.1, 0.15) is 23.2 Å². The normalized spacial score (nSPS) is 19.8. The fourth-order valence-corrected chi connectivity index (χ4v) is 3.69. The van der Waals surface area contributed by atoms with E-state index in [1.807, 2.05) is 0 Å². The summed E-state index contributed by atoms with van der Waals surface area (Å²) >= 11 is 17.1. The molecule has 0 bridgehead atoms. The lowest BCUT2D eigenvalue weighted by molar-refractivity contribution is -0.137. The van der Waals surface area contributed by atoms with Gasteiger partial charge >= 0.3 is 11.6 Å². The molecule has 2 heterocycles. The van der Waals surface area contributed by atoms with Gasteiger partial charge in [-0.2, -0.15) is 42.5 Å². The smallest absolute Gasteiger partial charge is 0.236 e. The van der Waals surface area contributed by atoms with Crippen LogP contribution in [0.4, 0.5) is 22.0 Å². The lowest BCUT2D eigenvalue weighted by Gasteiger charge is -2.27. The molecule has 0 fully saturated rings. The van der Waals surface area contributed by atoms with Crippen LogP contribution in [-0.2, 0) is 11.7 Å². The van der Waals surface area contributed by atoms with Crippen molar-refractivity contribution in [2.24, 2.45) is 10.2 Å². The van der Waals surface area contributed by atoms with E-state index >= 15 is 0 Å². The Bertz CT molecular complexity index is 982. The van der Waals surface area contributed by atoms with Gasteiger partial charge in [0.1, 0.15) is 11.8 Å². The van der Waals surface area contributed by atoms with Gasteiger partial charge in [-0.25, -0.2) is 4.68 Å². The van der Waals surface area contributed by atoms with Crippen LogP contribution in [0.15, 0.2) is 28.6 Å². The van der Waals surface area contributed by atoms with E-state index in [0.717, 1.165) is 10.9 Å². The van der Waals surface area contributed by atoms with Crippen molar-refractivity contribution in [1.82, 2.24) is 9.78 Å². The maximum absolute atomic E-state index is 14.1. The second kappa shape index (κ2) is 6.83. The third-order valence-electron chi connectivity index (χ3n) is 4.12. The molecule has 2 aromatic rings. The molecule has 0 spiro atoms.